The van der Waals surface area contributed by atoms with E-state index in [0.29, 0.717) is 22.1 Å². The largest absolute Gasteiger partial charge is 0.360 e. The van der Waals surface area contributed by atoms with E-state index >= 15 is 0 Å². The number of hydrogen-bond acceptors (Lipinski definition) is 6. The third-order valence-corrected chi connectivity index (χ3v) is 6.72. The van der Waals surface area contributed by atoms with Gasteiger partial charge in [0, 0.05) is 29.7 Å². The van der Waals surface area contributed by atoms with Gasteiger partial charge in [-0.1, -0.05) is 48.2 Å². The summed E-state index contributed by atoms with van der Waals surface area (Å²) in [7, 11) is 1.81. The van der Waals surface area contributed by atoms with E-state index in [-0.39, 0.29) is 11.3 Å². The molecule has 0 aliphatic heterocycles. The van der Waals surface area contributed by atoms with Gasteiger partial charge in [-0.15, -0.1) is 5.10 Å². The van der Waals surface area contributed by atoms with Gasteiger partial charge in [0.1, 0.15) is 0 Å². The van der Waals surface area contributed by atoms with Crippen LogP contribution in [0, 0.1) is 6.92 Å². The second kappa shape index (κ2) is 8.21. The number of aromatic nitrogens is 7. The van der Waals surface area contributed by atoms with Gasteiger partial charge in [0.15, 0.2) is 11.5 Å². The molecule has 0 saturated heterocycles. The molecule has 0 aliphatic rings. The molecule has 9 nitrogen and oxygen atoms in total. The number of H-pyrrole nitrogens is 1. The van der Waals surface area contributed by atoms with Crippen molar-refractivity contribution >= 4 is 28.4 Å². The number of ketones is 1. The molecule has 5 aromatic rings. The third kappa shape index (κ3) is 3.48. The number of thioether (sulfide) groups is 1. The van der Waals surface area contributed by atoms with E-state index in [1.807, 2.05) is 75.5 Å². The number of aromatic amines is 1. The number of hydrogen-bond donors (Lipinski definition) is 1. The second-order valence-corrected chi connectivity index (χ2v) is 8.96. The first-order valence-electron chi connectivity index (χ1n) is 10.4. The molecule has 10 heteroatoms. The first-order chi connectivity index (χ1) is 16.0. The zero-order chi connectivity index (χ0) is 23.1. The number of carbonyl (C=O) groups is 1. The monoisotopic (exact) mass is 459 g/mol. The van der Waals surface area contributed by atoms with Crippen LogP contribution in [0.2, 0.25) is 0 Å². The summed E-state index contributed by atoms with van der Waals surface area (Å²) in [4.78, 5) is 29.7. The van der Waals surface area contributed by atoms with Crippen molar-refractivity contribution in [1.82, 2.24) is 34.6 Å². The molecule has 0 unspecified atom stereocenters. The van der Waals surface area contributed by atoms with Crippen LogP contribution in [-0.2, 0) is 7.05 Å². The molecule has 0 radical (unpaired) electrons. The van der Waals surface area contributed by atoms with Gasteiger partial charge >= 0.3 is 0 Å². The van der Waals surface area contributed by atoms with Crippen molar-refractivity contribution in [3.8, 4) is 11.4 Å². The topological polar surface area (TPSA) is 103 Å². The molecule has 3 heterocycles. The van der Waals surface area contributed by atoms with Crippen LogP contribution in [0.4, 0.5) is 0 Å². The Hall–Kier alpha value is -3.92. The summed E-state index contributed by atoms with van der Waals surface area (Å²) < 4.78 is 4.76. The molecule has 2 aromatic carbocycles. The molecule has 0 bridgehead atoms. The Kier molecular flexibility index (Phi) is 5.21. The van der Waals surface area contributed by atoms with Crippen LogP contribution in [0.25, 0.3) is 22.3 Å². The minimum atomic E-state index is -0.464. The highest BCUT2D eigenvalue weighted by atomic mass is 32.2. The van der Waals surface area contributed by atoms with E-state index in [0.717, 1.165) is 16.6 Å². The molecule has 1 N–H and O–H groups in total. The van der Waals surface area contributed by atoms with E-state index in [2.05, 4.69) is 20.5 Å². The minimum Gasteiger partial charge on any atom is -0.360 e. The Bertz CT molecular complexity index is 1530. The van der Waals surface area contributed by atoms with Gasteiger partial charge in [-0.2, -0.15) is 4.68 Å². The Balaban J connectivity index is 1.50. The van der Waals surface area contributed by atoms with Crippen LogP contribution in [0.3, 0.4) is 0 Å². The fourth-order valence-electron chi connectivity index (χ4n) is 3.90. The van der Waals surface area contributed by atoms with Crippen molar-refractivity contribution in [1.29, 1.82) is 0 Å². The molecule has 0 saturated carbocycles. The number of benzene rings is 2. The SMILES string of the molecule is Cc1c(-n2nnnc2S[C@@H](C)C(=O)c2c[nH]c3ccccc23)c(=O)n(-c2ccccc2)n1C. The molecule has 0 amide bonds. The molecule has 3 aromatic heterocycles. The van der Waals surface area contributed by atoms with Gasteiger partial charge in [0.2, 0.25) is 5.16 Å². The first kappa shape index (κ1) is 21.0. The maximum Gasteiger partial charge on any atom is 0.297 e. The average Bonchev–Trinajstić information content (AvgIpc) is 3.51. The number of rotatable bonds is 6. The van der Waals surface area contributed by atoms with Crippen LogP contribution >= 0.6 is 11.8 Å². The summed E-state index contributed by atoms with van der Waals surface area (Å²) in [5.74, 6) is -0.0431. The van der Waals surface area contributed by atoms with Crippen LogP contribution in [0.15, 0.2) is 70.7 Å². The number of nitrogens with zero attached hydrogens (tertiary/aromatic N) is 6. The number of fused-ring (bicyclic) bond motifs is 1. The predicted molar refractivity (Wildman–Crippen MR) is 126 cm³/mol. The Labute approximate surface area is 193 Å². The normalized spacial score (nSPS) is 12.3. The summed E-state index contributed by atoms with van der Waals surface area (Å²) in [6, 6.07) is 17.0. The summed E-state index contributed by atoms with van der Waals surface area (Å²) in [5, 5.41) is 12.7. The van der Waals surface area contributed by atoms with Gasteiger partial charge in [-0.3, -0.25) is 14.3 Å². The highest BCUT2D eigenvalue weighted by Gasteiger charge is 2.26. The number of Topliss-reactive ketones (excluding diaryl/α,β-unsaturated/α-hetero) is 1. The lowest BCUT2D eigenvalue weighted by Crippen LogP contribution is -2.22. The quantitative estimate of drug-likeness (QED) is 0.309. The van der Waals surface area contributed by atoms with E-state index in [9.17, 15) is 9.59 Å². The van der Waals surface area contributed by atoms with Crippen molar-refractivity contribution in [3.63, 3.8) is 0 Å². The molecular weight excluding hydrogens is 438 g/mol. The van der Waals surface area contributed by atoms with Crippen molar-refractivity contribution < 1.29 is 4.79 Å². The van der Waals surface area contributed by atoms with Gasteiger partial charge in [-0.25, -0.2) is 4.68 Å². The highest BCUT2D eigenvalue weighted by Crippen LogP contribution is 2.28. The van der Waals surface area contributed by atoms with Crippen LogP contribution in [0.5, 0.6) is 0 Å². The molecule has 33 heavy (non-hydrogen) atoms. The third-order valence-electron chi connectivity index (χ3n) is 5.68. The maximum atomic E-state index is 13.4. The lowest BCUT2D eigenvalue weighted by atomic mass is 10.1. The maximum absolute atomic E-state index is 13.4. The van der Waals surface area contributed by atoms with Gasteiger partial charge in [0.05, 0.1) is 16.6 Å². The number of nitrogens with one attached hydrogen (secondary N) is 1. The highest BCUT2D eigenvalue weighted by molar-refractivity contribution is 8.00. The fraction of sp³-hybridized carbons (Fsp3) is 0.174. The molecule has 0 aliphatic carbocycles. The molecule has 0 spiro atoms. The molecule has 166 valence electrons. The average molecular weight is 460 g/mol. The van der Waals surface area contributed by atoms with E-state index in [1.54, 1.807) is 15.6 Å². The van der Waals surface area contributed by atoms with E-state index in [1.165, 1.54) is 16.4 Å². The minimum absolute atomic E-state index is 0.0431. The Morgan fingerprint density at radius 2 is 1.82 bits per heavy atom. The number of carbonyl (C=O) groups excluding carboxylic acids is 1. The lowest BCUT2D eigenvalue weighted by molar-refractivity contribution is 0.0995. The van der Waals surface area contributed by atoms with Crippen molar-refractivity contribution in [2.45, 2.75) is 24.3 Å². The summed E-state index contributed by atoms with van der Waals surface area (Å²) in [6.07, 6.45) is 1.73. The van der Waals surface area contributed by atoms with Gasteiger partial charge in [-0.05, 0) is 42.5 Å². The van der Waals surface area contributed by atoms with Crippen molar-refractivity contribution in [3.05, 3.63) is 82.4 Å². The smallest absolute Gasteiger partial charge is 0.297 e. The second-order valence-electron chi connectivity index (χ2n) is 7.66. The van der Waals surface area contributed by atoms with Crippen LogP contribution in [0.1, 0.15) is 23.0 Å². The lowest BCUT2D eigenvalue weighted by Gasteiger charge is -2.09. The van der Waals surface area contributed by atoms with Crippen molar-refractivity contribution in [2.75, 3.05) is 0 Å². The molecule has 0 fully saturated rings. The first-order valence-corrected chi connectivity index (χ1v) is 11.2. The fourth-order valence-corrected chi connectivity index (χ4v) is 4.76. The standard InChI is InChI=1S/C23H21N7O2S/c1-14-20(22(32)30(28(14)3)16-9-5-4-6-10-16)29-23(25-26-27-29)33-15(2)21(31)18-13-24-19-12-8-7-11-17(18)19/h4-13,15,24H,1-3H3/t15-/m0/s1. The van der Waals surface area contributed by atoms with Gasteiger partial charge < -0.3 is 4.98 Å². The zero-order valence-electron chi connectivity index (χ0n) is 18.3. The summed E-state index contributed by atoms with van der Waals surface area (Å²) >= 11 is 1.22. The van der Waals surface area contributed by atoms with Crippen LogP contribution < -0.4 is 5.56 Å². The number of para-hydroxylation sites is 2. The van der Waals surface area contributed by atoms with Gasteiger partial charge in [0.25, 0.3) is 5.56 Å². The molecule has 1 atom stereocenters. The van der Waals surface area contributed by atoms with E-state index < -0.39 is 5.25 Å². The summed E-state index contributed by atoms with van der Waals surface area (Å²) in [6.45, 7) is 3.65. The number of tetrazole rings is 1. The molecular formula is C23H21N7O2S. The Morgan fingerprint density at radius 3 is 2.61 bits per heavy atom. The van der Waals surface area contributed by atoms with Crippen molar-refractivity contribution in [2.24, 2.45) is 7.05 Å². The van der Waals surface area contributed by atoms with Crippen LogP contribution in [-0.4, -0.2) is 45.6 Å². The van der Waals surface area contributed by atoms with E-state index in [4.69, 9.17) is 0 Å². The molecule has 5 rings (SSSR count). The predicted octanol–water partition coefficient (Wildman–Crippen LogP) is 3.30. The zero-order valence-corrected chi connectivity index (χ0v) is 19.1. The Morgan fingerprint density at radius 1 is 1.09 bits per heavy atom. The summed E-state index contributed by atoms with van der Waals surface area (Å²) in [5.41, 5.74) is 3.07.